The molecule has 1 fully saturated rings. The van der Waals surface area contributed by atoms with Crippen LogP contribution >= 0.6 is 11.6 Å². The van der Waals surface area contributed by atoms with E-state index in [1.165, 1.54) is 16.8 Å². The van der Waals surface area contributed by atoms with Crippen molar-refractivity contribution in [3.63, 3.8) is 0 Å². The van der Waals surface area contributed by atoms with Crippen molar-refractivity contribution in [3.8, 4) is 11.3 Å². The molecule has 0 spiro atoms. The van der Waals surface area contributed by atoms with Gasteiger partial charge in [0, 0.05) is 22.6 Å². The Hall–Kier alpha value is -3.53. The number of H-pyrrole nitrogens is 1. The maximum atomic E-state index is 12.7. The number of aromatic nitrogens is 5. The van der Waals surface area contributed by atoms with Gasteiger partial charge in [-0.3, -0.25) is 19.0 Å². The highest BCUT2D eigenvalue weighted by Crippen LogP contribution is 2.33. The van der Waals surface area contributed by atoms with Crippen molar-refractivity contribution >= 4 is 29.1 Å². The second-order valence-corrected chi connectivity index (χ2v) is 7.74. The normalized spacial score (nSPS) is 13.1. The number of amides is 2. The van der Waals surface area contributed by atoms with Crippen LogP contribution in [-0.4, -0.2) is 36.8 Å². The predicted octanol–water partition coefficient (Wildman–Crippen LogP) is 1.66. The van der Waals surface area contributed by atoms with Gasteiger partial charge >= 0.3 is 0 Å². The molecule has 160 valence electrons. The summed E-state index contributed by atoms with van der Waals surface area (Å²) in [5, 5.41) is 16.0. The van der Waals surface area contributed by atoms with E-state index in [1.807, 2.05) is 0 Å². The van der Waals surface area contributed by atoms with Gasteiger partial charge in [0.1, 0.15) is 18.1 Å². The number of benzene rings is 1. The molecule has 0 atom stereocenters. The minimum Gasteiger partial charge on any atom is -0.349 e. The number of nitrogens with one attached hydrogen (secondary N) is 3. The molecule has 2 heterocycles. The lowest BCUT2D eigenvalue weighted by Crippen LogP contribution is -2.33. The van der Waals surface area contributed by atoms with E-state index >= 15 is 0 Å². The number of carbonyl (C=O) groups excluding carboxylic acids is 2. The molecule has 31 heavy (non-hydrogen) atoms. The topological polar surface area (TPSA) is 135 Å². The van der Waals surface area contributed by atoms with Gasteiger partial charge in [0.2, 0.25) is 11.8 Å². The van der Waals surface area contributed by atoms with Crippen molar-refractivity contribution in [3.05, 3.63) is 57.4 Å². The maximum absolute atomic E-state index is 12.7. The first kappa shape index (κ1) is 20.7. The third-order valence-corrected chi connectivity index (χ3v) is 5.13. The molecule has 0 unspecified atom stereocenters. The summed E-state index contributed by atoms with van der Waals surface area (Å²) < 4.78 is 1.28. The first-order chi connectivity index (χ1) is 14.9. The highest BCUT2D eigenvalue weighted by Gasteiger charge is 2.30. The summed E-state index contributed by atoms with van der Waals surface area (Å²) in [5.74, 6) is -0.0391. The number of rotatable bonds is 7. The smallest absolute Gasteiger partial charge is 0.254 e. The molecule has 2 aromatic heterocycles. The summed E-state index contributed by atoms with van der Waals surface area (Å²) in [6.07, 6.45) is 3.24. The fraction of sp³-hybridized carbons (Fsp3) is 0.300. The standard InChI is InChI=1S/C20H20ClN7O3/c1-11-24-17(15-5-4-13(21)6-16(15)25-20(31)12-2-3-12)7-19(30)28(11)10-18(29)22-8-14-9-23-27-26-14/h4-7,9,12H,2-3,8,10H2,1H3,(H,22,29)(H,25,31)(H,23,26,27). The van der Waals surface area contributed by atoms with Crippen LogP contribution in [0.1, 0.15) is 24.4 Å². The Bertz CT molecular complexity index is 1190. The second-order valence-electron chi connectivity index (χ2n) is 7.30. The maximum Gasteiger partial charge on any atom is 0.254 e. The van der Waals surface area contributed by atoms with Crippen LogP contribution in [0.25, 0.3) is 11.3 Å². The summed E-state index contributed by atoms with van der Waals surface area (Å²) in [7, 11) is 0. The largest absolute Gasteiger partial charge is 0.349 e. The lowest BCUT2D eigenvalue weighted by Gasteiger charge is -2.14. The number of carbonyl (C=O) groups is 2. The first-order valence-electron chi connectivity index (χ1n) is 9.71. The van der Waals surface area contributed by atoms with Gasteiger partial charge in [-0.1, -0.05) is 11.6 Å². The van der Waals surface area contributed by atoms with Crippen LogP contribution in [0, 0.1) is 12.8 Å². The van der Waals surface area contributed by atoms with Gasteiger partial charge in [0.05, 0.1) is 24.1 Å². The van der Waals surface area contributed by atoms with Crippen molar-refractivity contribution in [2.45, 2.75) is 32.9 Å². The fourth-order valence-electron chi connectivity index (χ4n) is 3.07. The van der Waals surface area contributed by atoms with Gasteiger partial charge < -0.3 is 10.6 Å². The zero-order chi connectivity index (χ0) is 22.0. The molecule has 2 amide bonds. The van der Waals surface area contributed by atoms with Crippen LogP contribution < -0.4 is 16.2 Å². The fourth-order valence-corrected chi connectivity index (χ4v) is 3.25. The molecular formula is C20H20ClN7O3. The quantitative estimate of drug-likeness (QED) is 0.510. The molecule has 1 aliphatic rings. The van der Waals surface area contributed by atoms with Gasteiger partial charge in [-0.05, 0) is 38.0 Å². The van der Waals surface area contributed by atoms with Crippen LogP contribution in [-0.2, 0) is 22.7 Å². The third-order valence-electron chi connectivity index (χ3n) is 4.90. The van der Waals surface area contributed by atoms with Gasteiger partial charge in [-0.15, -0.1) is 0 Å². The van der Waals surface area contributed by atoms with Gasteiger partial charge in [0.15, 0.2) is 0 Å². The molecule has 3 aromatic rings. The molecule has 1 aliphatic carbocycles. The number of hydrogen-bond acceptors (Lipinski definition) is 6. The zero-order valence-electron chi connectivity index (χ0n) is 16.7. The molecule has 1 saturated carbocycles. The Morgan fingerprint density at radius 2 is 2.10 bits per heavy atom. The van der Waals surface area contributed by atoms with E-state index in [2.05, 4.69) is 31.0 Å². The number of aromatic amines is 1. The van der Waals surface area contributed by atoms with Gasteiger partial charge in [-0.2, -0.15) is 15.4 Å². The SMILES string of the molecule is Cc1nc(-c2ccc(Cl)cc2NC(=O)C2CC2)cc(=O)n1CC(=O)NCc1cn[nH]n1. The Morgan fingerprint density at radius 3 is 2.77 bits per heavy atom. The predicted molar refractivity (Wildman–Crippen MR) is 113 cm³/mol. The van der Waals surface area contributed by atoms with Gasteiger partial charge in [0.25, 0.3) is 5.56 Å². The summed E-state index contributed by atoms with van der Waals surface area (Å²) in [5.41, 5.74) is 1.67. The molecule has 1 aromatic carbocycles. The highest BCUT2D eigenvalue weighted by molar-refractivity contribution is 6.31. The van der Waals surface area contributed by atoms with Crippen LogP contribution in [0.4, 0.5) is 5.69 Å². The van der Waals surface area contributed by atoms with Crippen molar-refractivity contribution in [1.82, 2.24) is 30.3 Å². The van der Waals surface area contributed by atoms with E-state index in [9.17, 15) is 14.4 Å². The van der Waals surface area contributed by atoms with E-state index in [-0.39, 0.29) is 36.4 Å². The highest BCUT2D eigenvalue weighted by atomic mass is 35.5. The average molecular weight is 442 g/mol. The molecular weight excluding hydrogens is 422 g/mol. The Kier molecular flexibility index (Phi) is 5.81. The number of aryl methyl sites for hydroxylation is 1. The average Bonchev–Trinajstić information content (AvgIpc) is 3.45. The molecule has 0 radical (unpaired) electrons. The minimum absolute atomic E-state index is 0.0188. The molecule has 3 N–H and O–H groups in total. The summed E-state index contributed by atoms with van der Waals surface area (Å²) in [6.45, 7) is 1.67. The first-order valence-corrected chi connectivity index (χ1v) is 10.1. The summed E-state index contributed by atoms with van der Waals surface area (Å²) in [6, 6.07) is 6.36. The van der Waals surface area contributed by atoms with Crippen molar-refractivity contribution < 1.29 is 9.59 Å². The van der Waals surface area contributed by atoms with Crippen molar-refractivity contribution in [2.75, 3.05) is 5.32 Å². The van der Waals surface area contributed by atoms with E-state index in [1.54, 1.807) is 25.1 Å². The van der Waals surface area contributed by atoms with Crippen LogP contribution in [0.15, 0.2) is 35.3 Å². The second kappa shape index (κ2) is 8.68. The molecule has 0 bridgehead atoms. The van der Waals surface area contributed by atoms with Gasteiger partial charge in [-0.25, -0.2) is 4.98 Å². The molecule has 11 heteroatoms. The lowest BCUT2D eigenvalue weighted by atomic mass is 10.1. The van der Waals surface area contributed by atoms with Crippen molar-refractivity contribution in [1.29, 1.82) is 0 Å². The summed E-state index contributed by atoms with van der Waals surface area (Å²) in [4.78, 5) is 41.7. The molecule has 0 saturated heterocycles. The number of hydrogen-bond donors (Lipinski definition) is 3. The molecule has 0 aliphatic heterocycles. The Labute approximate surface area is 182 Å². The Balaban J connectivity index is 1.55. The monoisotopic (exact) mass is 441 g/mol. The summed E-state index contributed by atoms with van der Waals surface area (Å²) >= 11 is 6.10. The number of halogens is 1. The zero-order valence-corrected chi connectivity index (χ0v) is 17.4. The van der Waals surface area contributed by atoms with Crippen LogP contribution in [0.2, 0.25) is 5.02 Å². The molecule has 4 rings (SSSR count). The van der Waals surface area contributed by atoms with Crippen LogP contribution in [0.3, 0.4) is 0 Å². The van der Waals surface area contributed by atoms with E-state index in [4.69, 9.17) is 11.6 Å². The number of nitrogens with zero attached hydrogens (tertiary/aromatic N) is 4. The van der Waals surface area contributed by atoms with Crippen LogP contribution in [0.5, 0.6) is 0 Å². The van der Waals surface area contributed by atoms with E-state index in [0.717, 1.165) is 12.8 Å². The minimum atomic E-state index is -0.381. The third kappa shape index (κ3) is 4.97. The molecule has 10 nitrogen and oxygen atoms in total. The lowest BCUT2D eigenvalue weighted by molar-refractivity contribution is -0.122. The van der Waals surface area contributed by atoms with E-state index in [0.29, 0.717) is 33.5 Å². The number of anilines is 1. The van der Waals surface area contributed by atoms with Crippen molar-refractivity contribution in [2.24, 2.45) is 5.92 Å². The van der Waals surface area contributed by atoms with E-state index < -0.39 is 0 Å². The Morgan fingerprint density at radius 1 is 1.29 bits per heavy atom.